The zero-order chi connectivity index (χ0) is 42.1. The van der Waals surface area contributed by atoms with Crippen molar-refractivity contribution in [2.24, 2.45) is 23.5 Å². The van der Waals surface area contributed by atoms with E-state index in [0.717, 1.165) is 16.7 Å². The summed E-state index contributed by atoms with van der Waals surface area (Å²) >= 11 is 0. The van der Waals surface area contributed by atoms with Crippen molar-refractivity contribution in [3.63, 3.8) is 0 Å². The predicted octanol–water partition coefficient (Wildman–Crippen LogP) is 4.63. The Balaban J connectivity index is 1.66. The molecule has 5 atom stereocenters. The van der Waals surface area contributed by atoms with Crippen LogP contribution in [-0.4, -0.2) is 70.2 Å². The van der Waals surface area contributed by atoms with Crippen molar-refractivity contribution in [2.75, 3.05) is 17.2 Å². The molecule has 1 unspecified atom stereocenters. The summed E-state index contributed by atoms with van der Waals surface area (Å²) in [6.07, 6.45) is -0.291. The third-order valence-corrected chi connectivity index (χ3v) is 9.97. The SMILES string of the molecule is CCC(C)[C@H](CC(=O)Cc1ccc(NC(=O)Nc2ccccc2C)cc1)C(=O)N[C@@H](CCCC(=O)O)C(=O)C[C@@H](CO)C(=O)N[C@@H](Cc1ccc(C)cc1)C(N)=O. The maximum Gasteiger partial charge on any atom is 0.323 e. The number of hydrogen-bond acceptors (Lipinski definition) is 8. The molecule has 0 heterocycles. The quantitative estimate of drug-likeness (QED) is 0.0709. The molecule has 5 amide bonds. The fraction of sp³-hybridized carbons (Fsp3) is 0.419. The lowest BCUT2D eigenvalue weighted by molar-refractivity contribution is -0.137. The first-order chi connectivity index (χ1) is 27.1. The Morgan fingerprint density at radius 3 is 2.00 bits per heavy atom. The Morgan fingerprint density at radius 1 is 0.772 bits per heavy atom. The molecule has 3 aromatic rings. The summed E-state index contributed by atoms with van der Waals surface area (Å²) in [7, 11) is 0. The molecule has 0 radical (unpaired) electrons. The van der Waals surface area contributed by atoms with Crippen LogP contribution in [0.25, 0.3) is 0 Å². The number of carbonyl (C=O) groups excluding carboxylic acids is 6. The van der Waals surface area contributed by atoms with Gasteiger partial charge in [0.2, 0.25) is 17.7 Å². The number of hydrogen-bond donors (Lipinski definition) is 7. The van der Waals surface area contributed by atoms with Crippen LogP contribution < -0.4 is 27.0 Å². The van der Waals surface area contributed by atoms with E-state index < -0.39 is 72.5 Å². The molecular formula is C43H55N5O9. The molecule has 57 heavy (non-hydrogen) atoms. The summed E-state index contributed by atoms with van der Waals surface area (Å²) in [5.74, 6) is -6.46. The fourth-order valence-electron chi connectivity index (χ4n) is 6.23. The first-order valence-corrected chi connectivity index (χ1v) is 19.1. The van der Waals surface area contributed by atoms with Gasteiger partial charge in [0.1, 0.15) is 11.8 Å². The summed E-state index contributed by atoms with van der Waals surface area (Å²) in [4.78, 5) is 90.0. The lowest BCUT2D eigenvalue weighted by Gasteiger charge is -2.26. The van der Waals surface area contributed by atoms with Gasteiger partial charge in [0, 0.05) is 49.4 Å². The van der Waals surface area contributed by atoms with Gasteiger partial charge in [-0.3, -0.25) is 28.8 Å². The molecule has 8 N–H and O–H groups in total. The molecule has 0 aromatic heterocycles. The molecule has 0 saturated carbocycles. The number of Topliss-reactive ketones (excluding diaryl/α,β-unsaturated/α-hetero) is 2. The van der Waals surface area contributed by atoms with Gasteiger partial charge in [0.15, 0.2) is 5.78 Å². The van der Waals surface area contributed by atoms with Crippen molar-refractivity contribution in [1.82, 2.24) is 10.6 Å². The minimum absolute atomic E-state index is 0.0143. The highest BCUT2D eigenvalue weighted by Crippen LogP contribution is 2.23. The van der Waals surface area contributed by atoms with Crippen LogP contribution in [0.15, 0.2) is 72.8 Å². The van der Waals surface area contributed by atoms with E-state index in [4.69, 9.17) is 5.73 Å². The number of rotatable bonds is 23. The predicted molar refractivity (Wildman–Crippen MR) is 216 cm³/mol. The highest BCUT2D eigenvalue weighted by atomic mass is 16.4. The smallest absolute Gasteiger partial charge is 0.323 e. The monoisotopic (exact) mass is 785 g/mol. The summed E-state index contributed by atoms with van der Waals surface area (Å²) in [6.45, 7) is 6.73. The van der Waals surface area contributed by atoms with Gasteiger partial charge in [-0.1, -0.05) is 80.4 Å². The number of nitrogens with two attached hydrogens (primary N) is 1. The number of amides is 5. The van der Waals surface area contributed by atoms with Crippen LogP contribution in [0.1, 0.15) is 74.6 Å². The lowest BCUT2D eigenvalue weighted by atomic mass is 9.85. The van der Waals surface area contributed by atoms with E-state index in [0.29, 0.717) is 23.4 Å². The molecule has 0 aliphatic heterocycles. The molecular weight excluding hydrogens is 730 g/mol. The normalized spacial score (nSPS) is 13.6. The number of aliphatic hydroxyl groups is 1. The zero-order valence-corrected chi connectivity index (χ0v) is 33.0. The summed E-state index contributed by atoms with van der Waals surface area (Å²) in [5, 5.41) is 30.1. The van der Waals surface area contributed by atoms with Gasteiger partial charge >= 0.3 is 12.0 Å². The summed E-state index contributed by atoms with van der Waals surface area (Å²) in [6, 6.07) is 18.7. The molecule has 0 spiro atoms. The van der Waals surface area contributed by atoms with Crippen molar-refractivity contribution in [3.8, 4) is 0 Å². The van der Waals surface area contributed by atoms with Gasteiger partial charge in [0.05, 0.1) is 18.6 Å². The fourth-order valence-corrected chi connectivity index (χ4v) is 6.23. The van der Waals surface area contributed by atoms with E-state index in [2.05, 4.69) is 21.3 Å². The van der Waals surface area contributed by atoms with Gasteiger partial charge < -0.3 is 37.2 Å². The second kappa shape index (κ2) is 22.6. The van der Waals surface area contributed by atoms with Crippen molar-refractivity contribution in [2.45, 2.75) is 91.1 Å². The average molecular weight is 786 g/mol. The van der Waals surface area contributed by atoms with Crippen LogP contribution in [0.2, 0.25) is 0 Å². The number of aliphatic carboxylic acids is 1. The average Bonchev–Trinajstić information content (AvgIpc) is 3.17. The van der Waals surface area contributed by atoms with Crippen LogP contribution in [0.5, 0.6) is 0 Å². The minimum atomic E-state index is -1.28. The molecule has 14 heteroatoms. The zero-order valence-electron chi connectivity index (χ0n) is 33.0. The van der Waals surface area contributed by atoms with Crippen molar-refractivity contribution < 1.29 is 43.8 Å². The first kappa shape index (κ1) is 45.5. The number of aliphatic hydroxyl groups excluding tert-OH is 1. The third-order valence-electron chi connectivity index (χ3n) is 9.97. The summed E-state index contributed by atoms with van der Waals surface area (Å²) < 4.78 is 0. The molecule has 0 aliphatic carbocycles. The maximum absolute atomic E-state index is 13.8. The lowest BCUT2D eigenvalue weighted by Crippen LogP contribution is -2.50. The number of carbonyl (C=O) groups is 7. The molecule has 3 rings (SSSR count). The topological polar surface area (TPSA) is 234 Å². The highest BCUT2D eigenvalue weighted by molar-refractivity contribution is 6.00. The van der Waals surface area contributed by atoms with E-state index in [9.17, 15) is 43.8 Å². The van der Waals surface area contributed by atoms with Crippen molar-refractivity contribution in [1.29, 1.82) is 0 Å². The van der Waals surface area contributed by atoms with Crippen LogP contribution in [0.4, 0.5) is 16.2 Å². The first-order valence-electron chi connectivity index (χ1n) is 19.1. The van der Waals surface area contributed by atoms with E-state index in [1.54, 1.807) is 42.5 Å². The highest BCUT2D eigenvalue weighted by Gasteiger charge is 2.33. The van der Waals surface area contributed by atoms with Crippen LogP contribution in [0.3, 0.4) is 0 Å². The number of urea groups is 1. The Kier molecular flexibility index (Phi) is 18.0. The number of aryl methyl sites for hydroxylation is 2. The number of benzene rings is 3. The minimum Gasteiger partial charge on any atom is -0.481 e. The summed E-state index contributed by atoms with van der Waals surface area (Å²) in [5.41, 5.74) is 10.1. The number of carboxylic acids is 1. The van der Waals surface area contributed by atoms with E-state index in [1.165, 1.54) is 0 Å². The molecule has 0 aliphatic rings. The molecule has 0 saturated heterocycles. The van der Waals surface area contributed by atoms with Crippen molar-refractivity contribution in [3.05, 3.63) is 95.1 Å². The van der Waals surface area contributed by atoms with E-state index >= 15 is 0 Å². The third kappa shape index (κ3) is 15.3. The molecule has 0 fully saturated rings. The number of ketones is 2. The molecule has 14 nitrogen and oxygen atoms in total. The standard InChI is InChI=1S/C43H55N5O9/c1-5-27(3)34(24-33(50)21-29-17-19-32(20-18-29)45-43(57)48-35-10-7-6-9-28(35)4)42(56)46-36(11-8-12-39(52)53)38(51)23-31(25-49)41(55)47-37(40(44)54)22-30-15-13-26(2)14-16-30/h6-7,9-10,13-20,27,31,34,36-37,49H,5,8,11-12,21-25H2,1-4H3,(H2,44,54)(H,46,56)(H,47,55)(H,52,53)(H2,45,48,57)/t27?,31-,34-,36-,37-/m0/s1. The van der Waals surface area contributed by atoms with Crippen LogP contribution >= 0.6 is 0 Å². The van der Waals surface area contributed by atoms with Gasteiger partial charge in [-0.2, -0.15) is 0 Å². The largest absolute Gasteiger partial charge is 0.481 e. The maximum atomic E-state index is 13.8. The van der Waals surface area contributed by atoms with E-state index in [1.807, 2.05) is 58.0 Å². The molecule has 0 bridgehead atoms. The molecule has 3 aromatic carbocycles. The number of carboxylic acid groups (broad SMARTS) is 1. The second-order valence-electron chi connectivity index (χ2n) is 14.6. The Bertz CT molecular complexity index is 1860. The van der Waals surface area contributed by atoms with Crippen LogP contribution in [0, 0.1) is 31.6 Å². The Labute approximate surface area is 333 Å². The number of para-hydroxylation sites is 1. The number of anilines is 2. The van der Waals surface area contributed by atoms with E-state index in [-0.39, 0.29) is 50.2 Å². The van der Waals surface area contributed by atoms with Gasteiger partial charge in [-0.05, 0) is 67.5 Å². The Hall–Kier alpha value is -5.89. The number of nitrogens with one attached hydrogen (secondary N) is 4. The second-order valence-corrected chi connectivity index (χ2v) is 14.6. The van der Waals surface area contributed by atoms with Gasteiger partial charge in [0.25, 0.3) is 0 Å². The van der Waals surface area contributed by atoms with Gasteiger partial charge in [-0.15, -0.1) is 0 Å². The Morgan fingerprint density at radius 2 is 1.40 bits per heavy atom. The van der Waals surface area contributed by atoms with Crippen molar-refractivity contribution >= 4 is 52.7 Å². The molecule has 306 valence electrons. The van der Waals surface area contributed by atoms with Gasteiger partial charge in [-0.25, -0.2) is 4.79 Å². The van der Waals surface area contributed by atoms with Crippen LogP contribution in [-0.2, 0) is 41.6 Å². The number of primary amides is 1.